The average molecular weight is 254 g/mol. The highest BCUT2D eigenvalue weighted by molar-refractivity contribution is 6.30. The smallest absolute Gasteiger partial charge is 0.124 e. The Labute approximate surface area is 108 Å². The summed E-state index contributed by atoms with van der Waals surface area (Å²) < 4.78 is 6.07. The van der Waals surface area contributed by atoms with Crippen molar-refractivity contribution >= 4 is 11.6 Å². The molecule has 1 aliphatic rings. The molecule has 2 nitrogen and oxygen atoms in total. The van der Waals surface area contributed by atoms with E-state index >= 15 is 0 Å². The molecule has 0 unspecified atom stereocenters. The second-order valence-corrected chi connectivity index (χ2v) is 5.12. The zero-order valence-electron chi connectivity index (χ0n) is 10.1. The summed E-state index contributed by atoms with van der Waals surface area (Å²) in [5, 5.41) is 0.721. The van der Waals surface area contributed by atoms with Gasteiger partial charge in [-0.3, -0.25) is 0 Å². The first kappa shape index (κ1) is 12.7. The maximum absolute atomic E-state index is 6.07. The van der Waals surface area contributed by atoms with Gasteiger partial charge in [-0.05, 0) is 43.9 Å². The Balaban J connectivity index is 2.06. The molecule has 0 saturated heterocycles. The molecule has 0 aliphatic heterocycles. The number of rotatable bonds is 3. The number of benzene rings is 1. The summed E-state index contributed by atoms with van der Waals surface area (Å²) in [7, 11) is 0. The van der Waals surface area contributed by atoms with Crippen molar-refractivity contribution in [3.8, 4) is 5.75 Å². The first-order valence-electron chi connectivity index (χ1n) is 6.45. The van der Waals surface area contributed by atoms with E-state index in [0.29, 0.717) is 12.6 Å². The van der Waals surface area contributed by atoms with Crippen LogP contribution in [0.25, 0.3) is 0 Å². The van der Waals surface area contributed by atoms with Crippen LogP contribution in [0.15, 0.2) is 18.2 Å². The Hall–Kier alpha value is -0.730. The fraction of sp³-hybridized carbons (Fsp3) is 0.571. The lowest BCUT2D eigenvalue weighted by molar-refractivity contribution is 0.182. The Bertz CT molecular complexity index is 359. The van der Waals surface area contributed by atoms with Crippen LogP contribution in [0, 0.1) is 0 Å². The largest absolute Gasteiger partial charge is 0.490 e. The molecular weight excluding hydrogens is 234 g/mol. The summed E-state index contributed by atoms with van der Waals surface area (Å²) in [5.41, 5.74) is 6.72. The highest BCUT2D eigenvalue weighted by Crippen LogP contribution is 2.27. The van der Waals surface area contributed by atoms with Gasteiger partial charge in [-0.25, -0.2) is 0 Å². The van der Waals surface area contributed by atoms with Gasteiger partial charge in [-0.2, -0.15) is 0 Å². The van der Waals surface area contributed by atoms with E-state index < -0.39 is 0 Å². The van der Waals surface area contributed by atoms with Crippen molar-refractivity contribution in [1.29, 1.82) is 0 Å². The number of ether oxygens (including phenoxy) is 1. The van der Waals surface area contributed by atoms with Gasteiger partial charge < -0.3 is 10.5 Å². The van der Waals surface area contributed by atoms with E-state index in [-0.39, 0.29) is 0 Å². The van der Waals surface area contributed by atoms with E-state index in [4.69, 9.17) is 22.1 Å². The van der Waals surface area contributed by atoms with Crippen LogP contribution in [0.5, 0.6) is 5.75 Å². The molecule has 17 heavy (non-hydrogen) atoms. The molecule has 0 bridgehead atoms. The molecule has 0 aromatic heterocycles. The van der Waals surface area contributed by atoms with Crippen molar-refractivity contribution in [1.82, 2.24) is 0 Å². The molecule has 0 amide bonds. The third-order valence-corrected chi connectivity index (χ3v) is 3.57. The van der Waals surface area contributed by atoms with Gasteiger partial charge in [0.05, 0.1) is 6.10 Å². The van der Waals surface area contributed by atoms with Crippen LogP contribution in [-0.4, -0.2) is 6.10 Å². The van der Waals surface area contributed by atoms with Crippen molar-refractivity contribution in [2.75, 3.05) is 0 Å². The second-order valence-electron chi connectivity index (χ2n) is 4.69. The van der Waals surface area contributed by atoms with Crippen LogP contribution in [-0.2, 0) is 6.54 Å². The zero-order chi connectivity index (χ0) is 12.1. The van der Waals surface area contributed by atoms with Crippen LogP contribution in [0.2, 0.25) is 5.02 Å². The highest BCUT2D eigenvalue weighted by Gasteiger charge is 2.15. The van der Waals surface area contributed by atoms with Crippen LogP contribution in [0.1, 0.15) is 44.1 Å². The average Bonchev–Trinajstić information content (AvgIpc) is 2.60. The second kappa shape index (κ2) is 6.27. The van der Waals surface area contributed by atoms with E-state index in [1.807, 2.05) is 18.2 Å². The summed E-state index contributed by atoms with van der Waals surface area (Å²) in [5.74, 6) is 0.906. The van der Waals surface area contributed by atoms with Crippen LogP contribution < -0.4 is 10.5 Å². The van der Waals surface area contributed by atoms with Gasteiger partial charge in [0.15, 0.2) is 0 Å². The predicted molar refractivity (Wildman–Crippen MR) is 71.5 cm³/mol. The molecule has 1 aliphatic carbocycles. The topological polar surface area (TPSA) is 35.2 Å². The van der Waals surface area contributed by atoms with Gasteiger partial charge in [-0.15, -0.1) is 0 Å². The molecule has 1 fully saturated rings. The van der Waals surface area contributed by atoms with Crippen molar-refractivity contribution in [3.63, 3.8) is 0 Å². The first-order chi connectivity index (χ1) is 8.29. The summed E-state index contributed by atoms with van der Waals surface area (Å²) in [4.78, 5) is 0. The lowest BCUT2D eigenvalue weighted by Crippen LogP contribution is -2.16. The molecule has 2 N–H and O–H groups in total. The third-order valence-electron chi connectivity index (χ3n) is 3.34. The quantitative estimate of drug-likeness (QED) is 0.830. The Kier molecular flexibility index (Phi) is 4.69. The molecule has 1 saturated carbocycles. The van der Waals surface area contributed by atoms with Crippen molar-refractivity contribution < 1.29 is 4.74 Å². The normalized spacial score (nSPS) is 17.8. The van der Waals surface area contributed by atoms with E-state index in [1.54, 1.807) is 0 Å². The third kappa shape index (κ3) is 3.62. The lowest BCUT2D eigenvalue weighted by atomic mass is 10.1. The molecule has 1 aromatic rings. The van der Waals surface area contributed by atoms with E-state index in [1.165, 1.54) is 25.7 Å². The van der Waals surface area contributed by atoms with E-state index in [2.05, 4.69) is 0 Å². The minimum absolute atomic E-state index is 0.351. The number of hydrogen-bond donors (Lipinski definition) is 1. The van der Waals surface area contributed by atoms with Crippen LogP contribution >= 0.6 is 11.6 Å². The Morgan fingerprint density at radius 2 is 1.88 bits per heavy atom. The number of halogens is 1. The fourth-order valence-electron chi connectivity index (χ4n) is 2.36. The lowest BCUT2D eigenvalue weighted by Gasteiger charge is -2.19. The Morgan fingerprint density at radius 3 is 2.53 bits per heavy atom. The van der Waals surface area contributed by atoms with Gasteiger partial charge in [-0.1, -0.05) is 24.4 Å². The zero-order valence-corrected chi connectivity index (χ0v) is 10.9. The predicted octanol–water partition coefficient (Wildman–Crippen LogP) is 3.90. The summed E-state index contributed by atoms with van der Waals surface area (Å²) in [6.07, 6.45) is 7.89. The monoisotopic (exact) mass is 253 g/mol. The first-order valence-corrected chi connectivity index (χ1v) is 6.82. The van der Waals surface area contributed by atoms with Crippen molar-refractivity contribution in [2.45, 2.75) is 51.2 Å². The van der Waals surface area contributed by atoms with Crippen LogP contribution in [0.3, 0.4) is 0 Å². The molecule has 0 radical (unpaired) electrons. The molecule has 94 valence electrons. The SMILES string of the molecule is NCc1cc(Cl)ccc1OC1CCCCCC1. The maximum atomic E-state index is 6.07. The molecule has 1 aromatic carbocycles. The van der Waals surface area contributed by atoms with Gasteiger partial charge in [0.2, 0.25) is 0 Å². The Morgan fingerprint density at radius 1 is 1.18 bits per heavy atom. The van der Waals surface area contributed by atoms with Crippen molar-refractivity contribution in [3.05, 3.63) is 28.8 Å². The molecular formula is C14H20ClNO. The van der Waals surface area contributed by atoms with Crippen LogP contribution in [0.4, 0.5) is 0 Å². The molecule has 2 rings (SSSR count). The van der Waals surface area contributed by atoms with Gasteiger partial charge in [0.25, 0.3) is 0 Å². The van der Waals surface area contributed by atoms with E-state index in [0.717, 1.165) is 29.2 Å². The van der Waals surface area contributed by atoms with Crippen molar-refractivity contribution in [2.24, 2.45) is 5.73 Å². The highest BCUT2D eigenvalue weighted by atomic mass is 35.5. The molecule has 3 heteroatoms. The van der Waals surface area contributed by atoms with Gasteiger partial charge in [0, 0.05) is 17.1 Å². The minimum atomic E-state index is 0.351. The van der Waals surface area contributed by atoms with E-state index in [9.17, 15) is 0 Å². The maximum Gasteiger partial charge on any atom is 0.124 e. The van der Waals surface area contributed by atoms with Gasteiger partial charge in [0.1, 0.15) is 5.75 Å². The molecule has 0 heterocycles. The standard InChI is InChI=1S/C14H20ClNO/c15-12-7-8-14(11(9-12)10-16)17-13-5-3-1-2-4-6-13/h7-9,13H,1-6,10,16H2. The fourth-order valence-corrected chi connectivity index (χ4v) is 2.56. The number of hydrogen-bond acceptors (Lipinski definition) is 2. The van der Waals surface area contributed by atoms with Gasteiger partial charge >= 0.3 is 0 Å². The summed E-state index contributed by atoms with van der Waals surface area (Å²) in [6.45, 7) is 0.475. The molecule has 0 atom stereocenters. The minimum Gasteiger partial charge on any atom is -0.490 e. The number of nitrogens with two attached hydrogens (primary N) is 1. The summed E-state index contributed by atoms with van der Waals surface area (Å²) in [6, 6.07) is 5.70. The molecule has 0 spiro atoms. The summed E-state index contributed by atoms with van der Waals surface area (Å²) >= 11 is 5.95.